The molecule has 0 unspecified atom stereocenters. The Kier molecular flexibility index (Phi) is 7.76. The first-order valence-electron chi connectivity index (χ1n) is 20.6. The van der Waals surface area contributed by atoms with Gasteiger partial charge >= 0.3 is 0 Å². The lowest BCUT2D eigenvalue weighted by Crippen LogP contribution is -2.36. The largest absolute Gasteiger partial charge is 0.310 e. The van der Waals surface area contributed by atoms with Crippen molar-refractivity contribution in [2.75, 3.05) is 4.90 Å². The van der Waals surface area contributed by atoms with E-state index in [1.807, 2.05) is 18.2 Å². The zero-order chi connectivity index (χ0) is 39.6. The minimum Gasteiger partial charge on any atom is -0.310 e. The number of para-hydroxylation sites is 4. The van der Waals surface area contributed by atoms with Gasteiger partial charge in [0.1, 0.15) is 0 Å². The van der Waals surface area contributed by atoms with Crippen LogP contribution in [0.1, 0.15) is 22.3 Å². The summed E-state index contributed by atoms with van der Waals surface area (Å²) in [5.41, 5.74) is 19.5. The summed E-state index contributed by atoms with van der Waals surface area (Å²) >= 11 is 0. The fourth-order valence-electron chi connectivity index (χ4n) is 9.85. The van der Waals surface area contributed by atoms with Crippen LogP contribution in [0.3, 0.4) is 0 Å². The van der Waals surface area contributed by atoms with Crippen molar-refractivity contribution in [1.82, 2.24) is 9.97 Å². The highest BCUT2D eigenvalue weighted by atomic mass is 15.2. The van der Waals surface area contributed by atoms with E-state index in [4.69, 9.17) is 9.97 Å². The molecule has 0 saturated heterocycles. The molecule has 1 aromatic heterocycles. The van der Waals surface area contributed by atoms with E-state index in [-0.39, 0.29) is 0 Å². The van der Waals surface area contributed by atoms with Gasteiger partial charge in [0.25, 0.3) is 0 Å². The third-order valence-electron chi connectivity index (χ3n) is 12.5. The number of fused-ring (bicyclic) bond motifs is 10. The van der Waals surface area contributed by atoms with Crippen molar-refractivity contribution in [3.63, 3.8) is 0 Å². The zero-order valence-electron chi connectivity index (χ0n) is 32.7. The van der Waals surface area contributed by atoms with Crippen LogP contribution in [0.15, 0.2) is 224 Å². The Morgan fingerprint density at radius 2 is 0.867 bits per heavy atom. The number of rotatable bonds is 5. The first-order valence-corrected chi connectivity index (χ1v) is 20.6. The molecule has 3 nitrogen and oxygen atoms in total. The second-order valence-corrected chi connectivity index (χ2v) is 15.7. The van der Waals surface area contributed by atoms with Gasteiger partial charge in [-0.15, -0.1) is 0 Å². The molecule has 12 rings (SSSR count). The van der Waals surface area contributed by atoms with Crippen LogP contribution >= 0.6 is 0 Å². The summed E-state index contributed by atoms with van der Waals surface area (Å²) in [6.45, 7) is 0. The van der Waals surface area contributed by atoms with Crippen molar-refractivity contribution in [3.8, 4) is 56.0 Å². The van der Waals surface area contributed by atoms with Gasteiger partial charge in [0.15, 0.2) is 5.82 Å². The molecule has 0 radical (unpaired) electrons. The standard InChI is InChI=1S/C57H37N3/c1-3-16-39(17-4-1)55-47-23-8-12-27-52(47)58-56(59-55)40-32-30-38(31-33-40)41-18-15-19-42(36-41)43-34-35-46-45-22-7-9-24-48(45)57(51(46)37-43)49-25-10-13-28-53(49)60(44-20-5-2-6-21-44)54-29-14-11-26-50(54)57/h1-37H. The van der Waals surface area contributed by atoms with Crippen LogP contribution in [-0.2, 0) is 5.41 Å². The Hall–Kier alpha value is -7.88. The normalized spacial score (nSPS) is 13.1. The maximum absolute atomic E-state index is 5.11. The Bertz CT molecular complexity index is 3210. The van der Waals surface area contributed by atoms with E-state index < -0.39 is 5.41 Å². The van der Waals surface area contributed by atoms with Crippen molar-refractivity contribution in [3.05, 3.63) is 247 Å². The lowest BCUT2D eigenvalue weighted by atomic mass is 9.64. The lowest BCUT2D eigenvalue weighted by molar-refractivity contribution is 0.753. The van der Waals surface area contributed by atoms with Gasteiger partial charge in [0.2, 0.25) is 0 Å². The van der Waals surface area contributed by atoms with Gasteiger partial charge in [-0.3, -0.25) is 0 Å². The van der Waals surface area contributed by atoms with E-state index in [0.29, 0.717) is 0 Å². The highest BCUT2D eigenvalue weighted by Crippen LogP contribution is 2.63. The van der Waals surface area contributed by atoms with E-state index in [2.05, 4.69) is 211 Å². The Morgan fingerprint density at radius 3 is 1.62 bits per heavy atom. The summed E-state index contributed by atoms with van der Waals surface area (Å²) in [7, 11) is 0. The zero-order valence-corrected chi connectivity index (χ0v) is 32.7. The topological polar surface area (TPSA) is 29.0 Å². The van der Waals surface area contributed by atoms with Crippen LogP contribution in [0.2, 0.25) is 0 Å². The fourth-order valence-corrected chi connectivity index (χ4v) is 9.85. The molecule has 10 aromatic rings. The molecule has 2 heterocycles. The third-order valence-corrected chi connectivity index (χ3v) is 12.5. The highest BCUT2D eigenvalue weighted by molar-refractivity contribution is 5.97. The van der Waals surface area contributed by atoms with Gasteiger partial charge in [-0.1, -0.05) is 182 Å². The first-order chi connectivity index (χ1) is 29.8. The minimum atomic E-state index is -0.501. The predicted octanol–water partition coefficient (Wildman–Crippen LogP) is 14.4. The van der Waals surface area contributed by atoms with Gasteiger partial charge in [-0.2, -0.15) is 0 Å². The van der Waals surface area contributed by atoms with Crippen LogP contribution < -0.4 is 4.90 Å². The van der Waals surface area contributed by atoms with E-state index >= 15 is 0 Å². The fraction of sp³-hybridized carbons (Fsp3) is 0.0175. The van der Waals surface area contributed by atoms with Gasteiger partial charge in [-0.05, 0) is 98.1 Å². The quantitative estimate of drug-likeness (QED) is 0.175. The van der Waals surface area contributed by atoms with Gasteiger partial charge in [-0.25, -0.2) is 9.97 Å². The molecule has 0 saturated carbocycles. The molecule has 9 aromatic carbocycles. The van der Waals surface area contributed by atoms with Crippen molar-refractivity contribution in [2.24, 2.45) is 0 Å². The summed E-state index contributed by atoms with van der Waals surface area (Å²) in [4.78, 5) is 12.5. The summed E-state index contributed by atoms with van der Waals surface area (Å²) in [6, 6.07) is 81.1. The third kappa shape index (κ3) is 5.16. The lowest BCUT2D eigenvalue weighted by Gasteiger charge is -2.45. The van der Waals surface area contributed by atoms with Crippen molar-refractivity contribution in [2.45, 2.75) is 5.41 Å². The van der Waals surface area contributed by atoms with Crippen LogP contribution in [0.5, 0.6) is 0 Å². The molecule has 280 valence electrons. The molecule has 0 amide bonds. The van der Waals surface area contributed by atoms with E-state index in [1.54, 1.807) is 0 Å². The van der Waals surface area contributed by atoms with Crippen LogP contribution in [0, 0.1) is 0 Å². The number of benzene rings is 9. The number of anilines is 3. The molecular formula is C57H37N3. The maximum Gasteiger partial charge on any atom is 0.160 e. The summed E-state index contributed by atoms with van der Waals surface area (Å²) in [5.74, 6) is 0.721. The molecule has 2 aliphatic rings. The second-order valence-electron chi connectivity index (χ2n) is 15.7. The summed E-state index contributed by atoms with van der Waals surface area (Å²) in [6.07, 6.45) is 0. The Morgan fingerprint density at radius 1 is 0.333 bits per heavy atom. The first kappa shape index (κ1) is 34.2. The van der Waals surface area contributed by atoms with Crippen LogP contribution in [0.4, 0.5) is 17.1 Å². The van der Waals surface area contributed by atoms with Crippen molar-refractivity contribution in [1.29, 1.82) is 0 Å². The molecule has 3 heteroatoms. The number of hydrogen-bond acceptors (Lipinski definition) is 3. The SMILES string of the molecule is c1ccc(-c2nc(-c3ccc(-c4cccc(-c5ccc6c(c5)C5(c7ccccc7-6)c6ccccc6N(c6ccccc6)c6ccccc65)c4)cc3)nc3ccccc23)cc1. The van der Waals surface area contributed by atoms with Gasteiger partial charge in [0.05, 0.1) is 28.0 Å². The summed E-state index contributed by atoms with van der Waals surface area (Å²) < 4.78 is 0. The Labute approximate surface area is 349 Å². The number of nitrogens with zero attached hydrogens (tertiary/aromatic N) is 3. The monoisotopic (exact) mass is 763 g/mol. The molecular weight excluding hydrogens is 727 g/mol. The van der Waals surface area contributed by atoms with Crippen LogP contribution in [0.25, 0.3) is 66.9 Å². The smallest absolute Gasteiger partial charge is 0.160 e. The average Bonchev–Trinajstić information content (AvgIpc) is 3.62. The summed E-state index contributed by atoms with van der Waals surface area (Å²) in [5, 5.41) is 1.05. The van der Waals surface area contributed by atoms with Crippen molar-refractivity contribution < 1.29 is 0 Å². The van der Waals surface area contributed by atoms with Gasteiger partial charge in [0, 0.05) is 22.2 Å². The second kappa shape index (κ2) is 13.6. The Balaban J connectivity index is 0.966. The molecule has 0 bridgehead atoms. The van der Waals surface area contributed by atoms with Gasteiger partial charge < -0.3 is 4.90 Å². The molecule has 0 N–H and O–H groups in total. The van der Waals surface area contributed by atoms with E-state index in [1.165, 1.54) is 55.9 Å². The molecule has 1 aliphatic carbocycles. The molecule has 0 fully saturated rings. The minimum absolute atomic E-state index is 0.501. The number of aromatic nitrogens is 2. The molecule has 1 spiro atoms. The molecule has 0 atom stereocenters. The van der Waals surface area contributed by atoms with E-state index in [0.717, 1.165) is 50.4 Å². The molecule has 1 aliphatic heterocycles. The highest BCUT2D eigenvalue weighted by Gasteiger charge is 2.51. The average molecular weight is 764 g/mol. The van der Waals surface area contributed by atoms with Crippen molar-refractivity contribution >= 4 is 28.0 Å². The molecule has 60 heavy (non-hydrogen) atoms. The maximum atomic E-state index is 5.11. The van der Waals surface area contributed by atoms with Crippen LogP contribution in [-0.4, -0.2) is 9.97 Å². The number of hydrogen-bond donors (Lipinski definition) is 0. The predicted molar refractivity (Wildman–Crippen MR) is 247 cm³/mol. The van der Waals surface area contributed by atoms with E-state index in [9.17, 15) is 0 Å².